The predicted molar refractivity (Wildman–Crippen MR) is 65.5 cm³/mol. The zero-order valence-corrected chi connectivity index (χ0v) is 11.1. The lowest BCUT2D eigenvalue weighted by Crippen LogP contribution is -2.11. The Kier molecular flexibility index (Phi) is 4.45. The number of aromatic carboxylic acids is 1. The van der Waals surface area contributed by atoms with E-state index in [4.69, 9.17) is 5.11 Å². The minimum Gasteiger partial charge on any atom is -0.478 e. The largest absolute Gasteiger partial charge is 0.478 e. The van der Waals surface area contributed by atoms with E-state index < -0.39 is 22.5 Å². The van der Waals surface area contributed by atoms with Crippen molar-refractivity contribution in [3.63, 3.8) is 0 Å². The van der Waals surface area contributed by atoms with Gasteiger partial charge < -0.3 is 5.11 Å². The molecule has 0 heterocycles. The van der Waals surface area contributed by atoms with Gasteiger partial charge in [-0.25, -0.2) is 13.2 Å². The molecule has 0 aliphatic heterocycles. The van der Waals surface area contributed by atoms with Crippen LogP contribution in [0, 0.1) is 13.8 Å². The molecule has 0 aromatic heterocycles. The molecule has 0 saturated heterocycles. The van der Waals surface area contributed by atoms with Crippen LogP contribution < -0.4 is 0 Å². The van der Waals surface area contributed by atoms with E-state index in [1.807, 2.05) is 0 Å². The molecule has 0 saturated carbocycles. The molecule has 1 aromatic carbocycles. The standard InChI is InChI=1S/C12H15FO4S/c1-8-6-9(2)11(7-10(8)12(14)15)18(16,17)5-3-4-13/h6-7H,3-5H2,1-2H3,(H,14,15). The molecule has 1 N–H and O–H groups in total. The molecular weight excluding hydrogens is 259 g/mol. The summed E-state index contributed by atoms with van der Waals surface area (Å²) in [5.41, 5.74) is 0.945. The van der Waals surface area contributed by atoms with Crippen molar-refractivity contribution in [3.8, 4) is 0 Å². The number of rotatable bonds is 5. The monoisotopic (exact) mass is 274 g/mol. The summed E-state index contributed by atoms with van der Waals surface area (Å²) < 4.78 is 35.9. The van der Waals surface area contributed by atoms with E-state index in [2.05, 4.69) is 0 Å². The quantitative estimate of drug-likeness (QED) is 0.893. The summed E-state index contributed by atoms with van der Waals surface area (Å²) in [5.74, 6) is -1.48. The van der Waals surface area contributed by atoms with Crippen LogP contribution in [0.4, 0.5) is 4.39 Å². The Morgan fingerprint density at radius 2 is 1.89 bits per heavy atom. The summed E-state index contributed by atoms with van der Waals surface area (Å²) in [5, 5.41) is 8.97. The van der Waals surface area contributed by atoms with Gasteiger partial charge in [0.2, 0.25) is 0 Å². The number of carboxylic acid groups (broad SMARTS) is 1. The van der Waals surface area contributed by atoms with Crippen molar-refractivity contribution in [1.29, 1.82) is 0 Å². The average molecular weight is 274 g/mol. The van der Waals surface area contributed by atoms with Gasteiger partial charge in [0.25, 0.3) is 0 Å². The maximum absolute atomic E-state index is 12.1. The SMILES string of the molecule is Cc1cc(C)c(S(=O)(=O)CCCF)cc1C(=O)O. The zero-order chi connectivity index (χ0) is 13.9. The second kappa shape index (κ2) is 5.48. The molecule has 0 unspecified atom stereocenters. The number of carbonyl (C=O) groups is 1. The molecule has 0 bridgehead atoms. The number of sulfone groups is 1. The average Bonchev–Trinajstić information content (AvgIpc) is 2.25. The van der Waals surface area contributed by atoms with E-state index in [1.54, 1.807) is 13.8 Å². The summed E-state index contributed by atoms with van der Waals surface area (Å²) in [6.45, 7) is 2.49. The first-order chi connectivity index (χ1) is 8.29. The Balaban J connectivity index is 3.33. The molecule has 1 aromatic rings. The van der Waals surface area contributed by atoms with E-state index in [0.29, 0.717) is 11.1 Å². The summed E-state index contributed by atoms with van der Waals surface area (Å²) >= 11 is 0. The molecule has 0 spiro atoms. The summed E-state index contributed by atoms with van der Waals surface area (Å²) in [6.07, 6.45) is -0.0853. The fraction of sp³-hybridized carbons (Fsp3) is 0.417. The van der Waals surface area contributed by atoms with Crippen molar-refractivity contribution < 1.29 is 22.7 Å². The van der Waals surface area contributed by atoms with Crippen LogP contribution in [0.5, 0.6) is 0 Å². The van der Waals surface area contributed by atoms with Crippen molar-refractivity contribution in [3.05, 3.63) is 28.8 Å². The van der Waals surface area contributed by atoms with Gasteiger partial charge in [0.05, 0.1) is 22.9 Å². The van der Waals surface area contributed by atoms with Gasteiger partial charge >= 0.3 is 5.97 Å². The Bertz CT molecular complexity index is 564. The number of benzene rings is 1. The number of alkyl halides is 1. The zero-order valence-electron chi connectivity index (χ0n) is 10.2. The van der Waals surface area contributed by atoms with Crippen LogP contribution in [0.25, 0.3) is 0 Å². The molecular formula is C12H15FO4S. The van der Waals surface area contributed by atoms with Crippen LogP contribution in [0.2, 0.25) is 0 Å². The molecule has 0 fully saturated rings. The highest BCUT2D eigenvalue weighted by atomic mass is 32.2. The van der Waals surface area contributed by atoms with Crippen LogP contribution in [-0.4, -0.2) is 31.9 Å². The second-order valence-corrected chi connectivity index (χ2v) is 6.18. The Hall–Kier alpha value is -1.43. The van der Waals surface area contributed by atoms with Crippen LogP contribution in [-0.2, 0) is 9.84 Å². The van der Waals surface area contributed by atoms with Gasteiger partial charge in [-0.05, 0) is 37.5 Å². The van der Waals surface area contributed by atoms with Crippen LogP contribution in [0.3, 0.4) is 0 Å². The van der Waals surface area contributed by atoms with E-state index in [0.717, 1.165) is 6.07 Å². The first-order valence-corrected chi connectivity index (χ1v) is 7.08. The lowest BCUT2D eigenvalue weighted by molar-refractivity contribution is 0.0696. The summed E-state index contributed by atoms with van der Waals surface area (Å²) in [7, 11) is -3.63. The van der Waals surface area contributed by atoms with Gasteiger partial charge in [-0.2, -0.15) is 0 Å². The van der Waals surface area contributed by atoms with Gasteiger partial charge in [0.15, 0.2) is 9.84 Å². The normalized spacial score (nSPS) is 11.5. The Morgan fingerprint density at radius 3 is 2.39 bits per heavy atom. The van der Waals surface area contributed by atoms with Gasteiger partial charge in [0.1, 0.15) is 0 Å². The molecule has 18 heavy (non-hydrogen) atoms. The molecule has 100 valence electrons. The third kappa shape index (κ3) is 3.07. The fourth-order valence-electron chi connectivity index (χ4n) is 1.75. The third-order valence-corrected chi connectivity index (χ3v) is 4.57. The van der Waals surface area contributed by atoms with Crippen molar-refractivity contribution in [2.45, 2.75) is 25.2 Å². The fourth-order valence-corrected chi connectivity index (χ4v) is 3.31. The summed E-state index contributed by atoms with van der Waals surface area (Å²) in [4.78, 5) is 10.9. The smallest absolute Gasteiger partial charge is 0.335 e. The minimum atomic E-state index is -3.63. The highest BCUT2D eigenvalue weighted by molar-refractivity contribution is 7.91. The maximum atomic E-state index is 12.1. The number of hydrogen-bond donors (Lipinski definition) is 1. The van der Waals surface area contributed by atoms with Crippen LogP contribution >= 0.6 is 0 Å². The number of halogens is 1. The molecule has 6 heteroatoms. The molecule has 0 atom stereocenters. The van der Waals surface area contributed by atoms with Crippen molar-refractivity contribution in [1.82, 2.24) is 0 Å². The lowest BCUT2D eigenvalue weighted by atomic mass is 10.1. The van der Waals surface area contributed by atoms with Crippen LogP contribution in [0.1, 0.15) is 27.9 Å². The first-order valence-electron chi connectivity index (χ1n) is 5.43. The molecule has 0 amide bonds. The minimum absolute atomic E-state index is 0.0287. The summed E-state index contributed by atoms with van der Waals surface area (Å²) in [6, 6.07) is 2.67. The van der Waals surface area contributed by atoms with Crippen molar-refractivity contribution >= 4 is 15.8 Å². The van der Waals surface area contributed by atoms with E-state index >= 15 is 0 Å². The molecule has 1 rings (SSSR count). The molecule has 0 aliphatic rings. The van der Waals surface area contributed by atoms with Gasteiger partial charge in [0, 0.05) is 0 Å². The predicted octanol–water partition coefficient (Wildman–Crippen LogP) is 2.13. The maximum Gasteiger partial charge on any atom is 0.335 e. The van der Waals surface area contributed by atoms with Crippen molar-refractivity contribution in [2.75, 3.05) is 12.4 Å². The Morgan fingerprint density at radius 1 is 1.28 bits per heavy atom. The van der Waals surface area contributed by atoms with Crippen molar-refractivity contribution in [2.24, 2.45) is 0 Å². The van der Waals surface area contributed by atoms with E-state index in [9.17, 15) is 17.6 Å². The van der Waals surface area contributed by atoms with Gasteiger partial charge in [-0.3, -0.25) is 4.39 Å². The second-order valence-electron chi connectivity index (χ2n) is 4.10. The number of carboxylic acids is 1. The molecule has 0 aliphatic carbocycles. The van der Waals surface area contributed by atoms with Crippen LogP contribution in [0.15, 0.2) is 17.0 Å². The van der Waals surface area contributed by atoms with Gasteiger partial charge in [-0.1, -0.05) is 6.07 Å². The van der Waals surface area contributed by atoms with Gasteiger partial charge in [-0.15, -0.1) is 0 Å². The highest BCUT2D eigenvalue weighted by Gasteiger charge is 2.20. The lowest BCUT2D eigenvalue weighted by Gasteiger charge is -2.10. The Labute approximate surface area is 105 Å². The van der Waals surface area contributed by atoms with E-state index in [1.165, 1.54) is 6.07 Å². The molecule has 0 radical (unpaired) electrons. The number of hydrogen-bond acceptors (Lipinski definition) is 3. The highest BCUT2D eigenvalue weighted by Crippen LogP contribution is 2.22. The third-order valence-electron chi connectivity index (χ3n) is 2.63. The molecule has 4 nitrogen and oxygen atoms in total. The first kappa shape index (κ1) is 14.6. The van der Waals surface area contributed by atoms with E-state index in [-0.39, 0.29) is 22.6 Å². The topological polar surface area (TPSA) is 71.4 Å². The number of aryl methyl sites for hydroxylation is 2.